The van der Waals surface area contributed by atoms with Crippen LogP contribution < -0.4 is 28.4 Å². The third-order valence-electron chi connectivity index (χ3n) is 6.46. The van der Waals surface area contributed by atoms with Gasteiger partial charge in [-0.1, -0.05) is 54.6 Å². The van der Waals surface area contributed by atoms with Gasteiger partial charge in [0.15, 0.2) is 9.84 Å². The van der Waals surface area contributed by atoms with E-state index in [-0.39, 0.29) is 35.1 Å². The number of sulfone groups is 1. The van der Waals surface area contributed by atoms with Crippen molar-refractivity contribution in [1.82, 2.24) is 5.32 Å². The van der Waals surface area contributed by atoms with Crippen LogP contribution in [-0.2, 0) is 28.7 Å². The van der Waals surface area contributed by atoms with Crippen molar-refractivity contribution >= 4 is 32.3 Å². The quantitative estimate of drug-likeness (QED) is 0.357. The van der Waals surface area contributed by atoms with Gasteiger partial charge in [-0.2, -0.15) is 0 Å². The molecule has 1 heterocycles. The number of fused-ring (bicyclic) bond motifs is 2. The molecule has 1 aliphatic heterocycles. The minimum atomic E-state index is -3.49. The third kappa shape index (κ3) is 5.54. The highest BCUT2D eigenvalue weighted by molar-refractivity contribution is 7.90. The lowest BCUT2D eigenvalue weighted by Gasteiger charge is -2.17. The minimum Gasteiger partial charge on any atom is -1.00 e. The summed E-state index contributed by atoms with van der Waals surface area (Å²) in [4.78, 5) is 12.8. The van der Waals surface area contributed by atoms with Crippen molar-refractivity contribution in [2.24, 2.45) is 0 Å². The molecule has 1 aliphatic rings. The van der Waals surface area contributed by atoms with Crippen molar-refractivity contribution in [2.45, 2.75) is 36.7 Å². The maximum atomic E-state index is 12.9. The number of urea groups is 1. The van der Waals surface area contributed by atoms with E-state index in [1.54, 1.807) is 24.3 Å². The molecular formula is C28H28ClN3O3S. The maximum Gasteiger partial charge on any atom is 0.319 e. The summed E-state index contributed by atoms with van der Waals surface area (Å²) in [5.74, 6) is -0.0455. The number of quaternary nitrogens is 1. The summed E-state index contributed by atoms with van der Waals surface area (Å²) in [7, 11) is -3.49. The fourth-order valence-corrected chi connectivity index (χ4v) is 6.00. The zero-order valence-electron chi connectivity index (χ0n) is 19.9. The van der Waals surface area contributed by atoms with E-state index in [2.05, 4.69) is 16.0 Å². The average Bonchev–Trinajstić information content (AvgIpc) is 3.31. The number of nitrogens with one attached hydrogen (secondary N) is 2. The van der Waals surface area contributed by atoms with Gasteiger partial charge < -0.3 is 28.4 Å². The van der Waals surface area contributed by atoms with Gasteiger partial charge in [0.05, 0.1) is 16.7 Å². The van der Waals surface area contributed by atoms with Crippen LogP contribution in [-0.4, -0.2) is 14.4 Å². The molecule has 8 heteroatoms. The van der Waals surface area contributed by atoms with Crippen LogP contribution in [0.1, 0.15) is 35.2 Å². The van der Waals surface area contributed by atoms with E-state index in [4.69, 9.17) is 0 Å². The van der Waals surface area contributed by atoms with Crippen LogP contribution in [0, 0.1) is 0 Å². The predicted octanol–water partition coefficient (Wildman–Crippen LogP) is 1.28. The van der Waals surface area contributed by atoms with Crippen LogP contribution in [0.3, 0.4) is 0 Å². The van der Waals surface area contributed by atoms with Gasteiger partial charge in [0.25, 0.3) is 0 Å². The van der Waals surface area contributed by atoms with Gasteiger partial charge in [0, 0.05) is 16.8 Å². The van der Waals surface area contributed by atoms with Gasteiger partial charge in [-0.3, -0.25) is 0 Å². The Morgan fingerprint density at radius 2 is 1.64 bits per heavy atom. The van der Waals surface area contributed by atoms with E-state index in [0.717, 1.165) is 35.0 Å². The Kier molecular flexibility index (Phi) is 7.64. The smallest absolute Gasteiger partial charge is 0.319 e. The molecule has 0 fully saturated rings. The van der Waals surface area contributed by atoms with Gasteiger partial charge in [0.2, 0.25) is 0 Å². The number of benzene rings is 4. The molecule has 6 nitrogen and oxygen atoms in total. The molecule has 4 N–H and O–H groups in total. The summed E-state index contributed by atoms with van der Waals surface area (Å²) in [5, 5.41) is 10.2. The zero-order valence-corrected chi connectivity index (χ0v) is 21.4. The number of hydrogen-bond donors (Lipinski definition) is 3. The number of carbonyl (C=O) groups is 1. The molecule has 1 atom stereocenters. The Morgan fingerprint density at radius 3 is 2.44 bits per heavy atom. The number of hydrogen-bond acceptors (Lipinski definition) is 3. The second kappa shape index (κ2) is 10.7. The molecule has 0 aromatic heterocycles. The molecule has 0 bridgehead atoms. The average molecular weight is 522 g/mol. The van der Waals surface area contributed by atoms with E-state index in [1.807, 2.05) is 67.6 Å². The number of nitrogens with two attached hydrogens (primary N) is 1. The molecule has 36 heavy (non-hydrogen) atoms. The second-order valence-corrected chi connectivity index (χ2v) is 11.0. The molecule has 0 saturated heterocycles. The number of halogens is 1. The van der Waals surface area contributed by atoms with Crippen molar-refractivity contribution in [1.29, 1.82) is 0 Å². The summed E-state index contributed by atoms with van der Waals surface area (Å²) in [6.07, 6.45) is 0. The second-order valence-electron chi connectivity index (χ2n) is 8.97. The van der Waals surface area contributed by atoms with Crippen LogP contribution in [0.25, 0.3) is 10.8 Å². The summed E-state index contributed by atoms with van der Waals surface area (Å²) < 4.78 is 25.9. The van der Waals surface area contributed by atoms with Crippen LogP contribution in [0.4, 0.5) is 10.5 Å². The fraction of sp³-hybridized carbons (Fsp3) is 0.179. The summed E-state index contributed by atoms with van der Waals surface area (Å²) >= 11 is 0. The maximum absolute atomic E-state index is 12.9. The van der Waals surface area contributed by atoms with Crippen LogP contribution in [0.15, 0.2) is 89.8 Å². The lowest BCUT2D eigenvalue weighted by molar-refractivity contribution is -0.676. The van der Waals surface area contributed by atoms with Gasteiger partial charge in [-0.25, -0.2) is 13.2 Å². The molecule has 4 aromatic rings. The van der Waals surface area contributed by atoms with E-state index in [1.165, 1.54) is 11.1 Å². The van der Waals surface area contributed by atoms with Crippen molar-refractivity contribution in [3.05, 3.63) is 107 Å². The van der Waals surface area contributed by atoms with Crippen LogP contribution in [0.5, 0.6) is 0 Å². The zero-order chi connectivity index (χ0) is 24.4. The Labute approximate surface area is 217 Å². The Balaban J connectivity index is 0.00000304. The van der Waals surface area contributed by atoms with Gasteiger partial charge in [-0.15, -0.1) is 0 Å². The van der Waals surface area contributed by atoms with Gasteiger partial charge >= 0.3 is 6.03 Å². The molecule has 2 amide bonds. The van der Waals surface area contributed by atoms with Crippen molar-refractivity contribution in [3.63, 3.8) is 0 Å². The lowest BCUT2D eigenvalue weighted by Crippen LogP contribution is -3.00. The first kappa shape index (κ1) is 25.7. The molecule has 0 saturated carbocycles. The first-order valence-corrected chi connectivity index (χ1v) is 13.3. The van der Waals surface area contributed by atoms with Crippen LogP contribution >= 0.6 is 0 Å². The molecular weight excluding hydrogens is 494 g/mol. The number of rotatable bonds is 6. The first-order valence-electron chi connectivity index (χ1n) is 11.7. The van der Waals surface area contributed by atoms with E-state index < -0.39 is 9.84 Å². The van der Waals surface area contributed by atoms with Crippen molar-refractivity contribution in [2.75, 3.05) is 5.32 Å². The fourth-order valence-electron chi connectivity index (χ4n) is 4.66. The number of amides is 2. The monoisotopic (exact) mass is 521 g/mol. The first-order chi connectivity index (χ1) is 16.9. The van der Waals surface area contributed by atoms with Gasteiger partial charge in [0.1, 0.15) is 13.1 Å². The third-order valence-corrected chi connectivity index (χ3v) is 8.17. The molecule has 1 unspecified atom stereocenters. The standard InChI is InChI=1S/C28H27N3O3S.ClH/c1-19(26-8-4-6-21-5-2-3-7-27(21)26)30-28(32)31-24-11-13-25(14-12-24)35(33,34)18-20-9-10-22-16-29-17-23(22)15-20;/h2-15,19,29H,16-18H2,1H3,(H2,30,31,32);1H. The molecule has 0 aliphatic carbocycles. The molecule has 0 radical (unpaired) electrons. The van der Waals surface area contributed by atoms with Crippen LogP contribution in [0.2, 0.25) is 0 Å². The highest BCUT2D eigenvalue weighted by Gasteiger charge is 2.19. The molecule has 0 spiro atoms. The molecule has 186 valence electrons. The summed E-state index contributed by atoms with van der Waals surface area (Å²) in [5.41, 5.74) is 4.84. The highest BCUT2D eigenvalue weighted by atomic mass is 35.5. The Morgan fingerprint density at radius 1 is 0.917 bits per heavy atom. The number of anilines is 1. The topological polar surface area (TPSA) is 91.9 Å². The summed E-state index contributed by atoms with van der Waals surface area (Å²) in [6.45, 7) is 3.78. The highest BCUT2D eigenvalue weighted by Crippen LogP contribution is 2.25. The lowest BCUT2D eigenvalue weighted by atomic mass is 10.00. The Hall–Kier alpha value is -3.39. The Bertz CT molecular complexity index is 1500. The molecule has 5 rings (SSSR count). The van der Waals surface area contributed by atoms with Crippen molar-refractivity contribution < 1.29 is 30.9 Å². The number of carbonyl (C=O) groups excluding carboxylic acids is 1. The normalized spacial score (nSPS) is 13.5. The van der Waals surface area contributed by atoms with Crippen molar-refractivity contribution in [3.8, 4) is 0 Å². The summed E-state index contributed by atoms with van der Waals surface area (Å²) in [6, 6.07) is 25.8. The van der Waals surface area contributed by atoms with E-state index in [0.29, 0.717) is 5.69 Å². The molecule has 4 aromatic carbocycles. The minimum absolute atomic E-state index is 0. The van der Waals surface area contributed by atoms with E-state index in [9.17, 15) is 13.2 Å². The largest absolute Gasteiger partial charge is 1.00 e. The SMILES string of the molecule is CC(NC(=O)Nc1ccc(S(=O)(=O)Cc2ccc3c(c2)C[NH2+]C3)cc1)c1cccc2ccccc12.[Cl-]. The predicted molar refractivity (Wildman–Crippen MR) is 138 cm³/mol. The van der Waals surface area contributed by atoms with E-state index >= 15 is 0 Å². The van der Waals surface area contributed by atoms with Gasteiger partial charge in [-0.05, 0) is 59.2 Å².